The third kappa shape index (κ3) is 17.5. The first-order valence-corrected chi connectivity index (χ1v) is 15.6. The van der Waals surface area contributed by atoms with Crippen molar-refractivity contribution < 1.29 is 0 Å². The van der Waals surface area contributed by atoms with E-state index in [0.717, 1.165) is 0 Å². The van der Waals surface area contributed by atoms with Crippen molar-refractivity contribution in [3.05, 3.63) is 29.8 Å². The zero-order valence-corrected chi connectivity index (χ0v) is 23.7. The van der Waals surface area contributed by atoms with E-state index < -0.39 is 0 Å². The number of para-hydroxylation sites is 1. The molecule has 1 aromatic rings. The van der Waals surface area contributed by atoms with Gasteiger partial charge in [-0.05, 0) is 31.4 Å². The summed E-state index contributed by atoms with van der Waals surface area (Å²) in [6.45, 7) is 9.36. The molecule has 0 fully saturated rings. The van der Waals surface area contributed by atoms with E-state index in [-0.39, 0.29) is 0 Å². The van der Waals surface area contributed by atoms with Crippen LogP contribution in [0.4, 0.5) is 5.69 Å². The first-order valence-electron chi connectivity index (χ1n) is 15.6. The van der Waals surface area contributed by atoms with Crippen LogP contribution in [0, 0.1) is 6.92 Å². The zero-order valence-electron chi connectivity index (χ0n) is 23.7. The van der Waals surface area contributed by atoms with Gasteiger partial charge in [-0.15, -0.1) is 0 Å². The molecule has 0 aliphatic carbocycles. The summed E-state index contributed by atoms with van der Waals surface area (Å²) in [5.41, 5.74) is 2.91. The summed E-state index contributed by atoms with van der Waals surface area (Å²) in [5, 5.41) is 0. The minimum absolute atomic E-state index is 1.23. The Kier molecular flexibility index (Phi) is 21.7. The maximum Gasteiger partial charge on any atom is 0.0395 e. The van der Waals surface area contributed by atoms with Gasteiger partial charge in [0.05, 0.1) is 0 Å². The van der Waals surface area contributed by atoms with Gasteiger partial charge in [0.2, 0.25) is 0 Å². The molecule has 0 aromatic heterocycles. The fourth-order valence-electron chi connectivity index (χ4n) is 5.20. The lowest BCUT2D eigenvalue weighted by atomic mass is 10.0. The maximum atomic E-state index is 2.69. The van der Waals surface area contributed by atoms with Crippen molar-refractivity contribution in [2.24, 2.45) is 0 Å². The molecule has 1 rings (SSSR count). The number of hydrogen-bond donors (Lipinski definition) is 0. The molecule has 0 aliphatic heterocycles. The van der Waals surface area contributed by atoms with Crippen molar-refractivity contribution in [3.8, 4) is 0 Å². The molecule has 1 heteroatoms. The molecule has 1 aromatic carbocycles. The van der Waals surface area contributed by atoms with Crippen molar-refractivity contribution in [1.29, 1.82) is 0 Å². The number of anilines is 1. The van der Waals surface area contributed by atoms with E-state index >= 15 is 0 Å². The van der Waals surface area contributed by atoms with Crippen LogP contribution < -0.4 is 4.90 Å². The Morgan fingerprint density at radius 1 is 0.441 bits per heavy atom. The lowest BCUT2D eigenvalue weighted by Crippen LogP contribution is -2.26. The first-order chi connectivity index (χ1) is 16.8. The molecule has 0 N–H and O–H groups in total. The number of hydrogen-bond acceptors (Lipinski definition) is 1. The number of nitrogens with zero attached hydrogens (tertiary/aromatic N) is 1. The Bertz CT molecular complexity index is 537. The van der Waals surface area contributed by atoms with Crippen LogP contribution in [-0.2, 0) is 0 Å². The van der Waals surface area contributed by atoms with Gasteiger partial charge in [-0.2, -0.15) is 0 Å². The largest absolute Gasteiger partial charge is 0.371 e. The van der Waals surface area contributed by atoms with Crippen molar-refractivity contribution >= 4 is 5.69 Å². The summed E-state index contributed by atoms with van der Waals surface area (Å²) in [7, 11) is 0. The number of unbranched alkanes of at least 4 members (excludes halogenated alkanes) is 20. The van der Waals surface area contributed by atoms with E-state index in [1.807, 2.05) is 0 Å². The molecule has 0 atom stereocenters. The molecule has 0 amide bonds. The molecule has 0 aliphatic rings. The highest BCUT2D eigenvalue weighted by molar-refractivity contribution is 5.52. The summed E-state index contributed by atoms with van der Waals surface area (Å²) in [6, 6.07) is 9.01. The van der Waals surface area contributed by atoms with Crippen LogP contribution in [0.2, 0.25) is 0 Å². The van der Waals surface area contributed by atoms with E-state index in [1.165, 1.54) is 166 Å². The molecule has 0 saturated heterocycles. The van der Waals surface area contributed by atoms with Gasteiger partial charge in [-0.3, -0.25) is 0 Å². The summed E-state index contributed by atoms with van der Waals surface area (Å²) in [4.78, 5) is 2.69. The third-order valence-electron chi connectivity index (χ3n) is 7.52. The molecule has 1 nitrogen and oxygen atoms in total. The number of rotatable bonds is 25. The van der Waals surface area contributed by atoms with Crippen LogP contribution in [-0.4, -0.2) is 13.1 Å². The minimum Gasteiger partial charge on any atom is -0.371 e. The fourth-order valence-corrected chi connectivity index (χ4v) is 5.20. The quantitative estimate of drug-likeness (QED) is 0.128. The molecular weight excluding hydrogens is 410 g/mol. The molecule has 0 saturated carbocycles. The van der Waals surface area contributed by atoms with Crippen LogP contribution >= 0.6 is 0 Å². The molecule has 0 radical (unpaired) electrons. The van der Waals surface area contributed by atoms with Gasteiger partial charge in [0.15, 0.2) is 0 Å². The lowest BCUT2D eigenvalue weighted by molar-refractivity contribution is 0.532. The second-order valence-corrected chi connectivity index (χ2v) is 10.8. The van der Waals surface area contributed by atoms with E-state index in [1.54, 1.807) is 0 Å². The molecule has 0 bridgehead atoms. The zero-order chi connectivity index (χ0) is 24.5. The second-order valence-electron chi connectivity index (χ2n) is 10.8. The van der Waals surface area contributed by atoms with E-state index in [4.69, 9.17) is 0 Å². The predicted octanol–water partition coefficient (Wildman–Crippen LogP) is 11.4. The van der Waals surface area contributed by atoms with Crippen molar-refractivity contribution in [2.75, 3.05) is 18.0 Å². The van der Waals surface area contributed by atoms with Crippen LogP contribution in [0.15, 0.2) is 24.3 Å². The second kappa shape index (κ2) is 23.7. The standard InChI is InChI=1S/C33H61N/c1-4-6-8-10-12-14-15-16-17-18-19-21-23-27-31-34(33-29-25-24-28-32(33)3)30-26-22-20-13-11-9-7-5-2/h24-25,28-29H,4-23,26-27,30-31H2,1-3H3. The minimum atomic E-state index is 1.23. The topological polar surface area (TPSA) is 3.24 Å². The average molecular weight is 472 g/mol. The molecule has 34 heavy (non-hydrogen) atoms. The van der Waals surface area contributed by atoms with Gasteiger partial charge in [-0.25, -0.2) is 0 Å². The van der Waals surface area contributed by atoms with E-state index in [0.29, 0.717) is 0 Å². The highest BCUT2D eigenvalue weighted by Crippen LogP contribution is 2.22. The SMILES string of the molecule is CCCCCCCCCCCCCCCCN(CCCCCCCCCC)c1ccccc1C. The highest BCUT2D eigenvalue weighted by atomic mass is 15.1. The van der Waals surface area contributed by atoms with Crippen LogP contribution in [0.1, 0.15) is 161 Å². The van der Waals surface area contributed by atoms with Crippen LogP contribution in [0.3, 0.4) is 0 Å². The number of benzene rings is 1. The van der Waals surface area contributed by atoms with Crippen molar-refractivity contribution in [1.82, 2.24) is 0 Å². The number of aryl methyl sites for hydroxylation is 1. The summed E-state index contributed by atoms with van der Waals surface area (Å²) < 4.78 is 0. The van der Waals surface area contributed by atoms with Crippen molar-refractivity contribution in [3.63, 3.8) is 0 Å². The predicted molar refractivity (Wildman–Crippen MR) is 156 cm³/mol. The summed E-state index contributed by atoms with van der Waals surface area (Å²) >= 11 is 0. The Balaban J connectivity index is 2.11. The highest BCUT2D eigenvalue weighted by Gasteiger charge is 2.08. The Hall–Kier alpha value is -0.980. The summed E-state index contributed by atoms with van der Waals surface area (Å²) in [6.07, 6.45) is 31.4. The monoisotopic (exact) mass is 471 g/mol. The van der Waals surface area contributed by atoms with Crippen molar-refractivity contribution in [2.45, 2.75) is 162 Å². The third-order valence-corrected chi connectivity index (χ3v) is 7.52. The van der Waals surface area contributed by atoms with Crippen LogP contribution in [0.25, 0.3) is 0 Å². The van der Waals surface area contributed by atoms with Gasteiger partial charge < -0.3 is 4.90 Å². The molecular formula is C33H61N. The smallest absolute Gasteiger partial charge is 0.0395 e. The molecule has 198 valence electrons. The Morgan fingerprint density at radius 3 is 1.12 bits per heavy atom. The van der Waals surface area contributed by atoms with E-state index in [2.05, 4.69) is 49.9 Å². The average Bonchev–Trinajstić information content (AvgIpc) is 2.85. The molecule has 0 unspecified atom stereocenters. The lowest BCUT2D eigenvalue weighted by Gasteiger charge is -2.26. The molecule has 0 heterocycles. The van der Waals surface area contributed by atoms with E-state index in [9.17, 15) is 0 Å². The van der Waals surface area contributed by atoms with Crippen LogP contribution in [0.5, 0.6) is 0 Å². The first kappa shape index (κ1) is 31.1. The van der Waals surface area contributed by atoms with Gasteiger partial charge in [0, 0.05) is 18.8 Å². The molecule has 0 spiro atoms. The Morgan fingerprint density at radius 2 is 0.765 bits per heavy atom. The summed E-state index contributed by atoms with van der Waals surface area (Å²) in [5.74, 6) is 0. The maximum absolute atomic E-state index is 2.69. The Labute approximate surface area is 215 Å². The fraction of sp³-hybridized carbons (Fsp3) is 0.818. The van der Waals surface area contributed by atoms with Gasteiger partial charge in [0.25, 0.3) is 0 Å². The van der Waals surface area contributed by atoms with Gasteiger partial charge in [0.1, 0.15) is 0 Å². The van der Waals surface area contributed by atoms with Gasteiger partial charge in [-0.1, -0.05) is 160 Å². The van der Waals surface area contributed by atoms with Gasteiger partial charge >= 0.3 is 0 Å². The normalized spacial score (nSPS) is 11.3.